The van der Waals surface area contributed by atoms with Gasteiger partial charge in [0.1, 0.15) is 0 Å². The fourth-order valence-electron chi connectivity index (χ4n) is 1.26. The molecule has 1 N–H and O–H groups in total. The first kappa shape index (κ1) is 13.8. The van der Waals surface area contributed by atoms with Crippen LogP contribution in [0.15, 0.2) is 24.3 Å². The molecule has 0 bridgehead atoms. The summed E-state index contributed by atoms with van der Waals surface area (Å²) in [5.74, 6) is 0.373. The molecule has 0 aliphatic heterocycles. The highest BCUT2D eigenvalue weighted by Gasteiger charge is 2.15. The molecule has 1 aromatic rings. The molecule has 4 heteroatoms. The first-order chi connectivity index (χ1) is 7.54. The maximum absolute atomic E-state index is 11.9. The zero-order chi connectivity index (χ0) is 12.1. The van der Waals surface area contributed by atoms with Crippen molar-refractivity contribution in [2.24, 2.45) is 5.92 Å². The van der Waals surface area contributed by atoms with Gasteiger partial charge in [-0.3, -0.25) is 4.79 Å². The van der Waals surface area contributed by atoms with E-state index in [0.29, 0.717) is 16.5 Å². The number of halogens is 2. The highest BCUT2D eigenvalue weighted by Crippen LogP contribution is 2.12. The van der Waals surface area contributed by atoms with E-state index < -0.39 is 0 Å². The summed E-state index contributed by atoms with van der Waals surface area (Å²) in [5, 5.41) is 3.59. The van der Waals surface area contributed by atoms with Crippen LogP contribution in [0.2, 0.25) is 5.02 Å². The summed E-state index contributed by atoms with van der Waals surface area (Å²) in [4.78, 5) is 11.9. The zero-order valence-corrected chi connectivity index (χ0v) is 12.2. The molecule has 0 aliphatic rings. The van der Waals surface area contributed by atoms with E-state index in [9.17, 15) is 4.79 Å². The second-order valence-electron chi connectivity index (χ2n) is 3.99. The second-order valence-corrected chi connectivity index (χ2v) is 5.31. The molecule has 0 saturated heterocycles. The van der Waals surface area contributed by atoms with E-state index in [4.69, 9.17) is 11.6 Å². The summed E-state index contributed by atoms with van der Waals surface area (Å²) in [6.07, 6.45) is 0. The largest absolute Gasteiger partial charge is 0.348 e. The van der Waals surface area contributed by atoms with Gasteiger partial charge in [0.2, 0.25) is 0 Å². The summed E-state index contributed by atoms with van der Waals surface area (Å²) >= 11 is 8.12. The molecule has 0 spiro atoms. The van der Waals surface area contributed by atoms with Crippen LogP contribution in [0.3, 0.4) is 0 Å². The molecule has 1 aromatic carbocycles. The van der Waals surface area contributed by atoms with Crippen LogP contribution in [-0.2, 0) is 0 Å². The Morgan fingerprint density at radius 2 is 2.19 bits per heavy atom. The molecule has 0 aliphatic carbocycles. The third kappa shape index (κ3) is 3.94. The van der Waals surface area contributed by atoms with Crippen molar-refractivity contribution >= 4 is 40.1 Å². The van der Waals surface area contributed by atoms with Crippen LogP contribution in [0.4, 0.5) is 0 Å². The molecule has 16 heavy (non-hydrogen) atoms. The smallest absolute Gasteiger partial charge is 0.251 e. The summed E-state index contributed by atoms with van der Waals surface area (Å²) in [6, 6.07) is 7.20. The van der Waals surface area contributed by atoms with E-state index in [2.05, 4.69) is 41.8 Å². The van der Waals surface area contributed by atoms with E-state index in [0.717, 1.165) is 4.43 Å². The molecular weight excluding hydrogens is 336 g/mol. The monoisotopic (exact) mass is 351 g/mol. The average molecular weight is 352 g/mol. The van der Waals surface area contributed by atoms with Gasteiger partial charge in [-0.15, -0.1) is 0 Å². The van der Waals surface area contributed by atoms with Crippen LogP contribution in [0.1, 0.15) is 24.2 Å². The fourth-order valence-corrected chi connectivity index (χ4v) is 2.69. The van der Waals surface area contributed by atoms with Crippen molar-refractivity contribution in [3.05, 3.63) is 34.9 Å². The molecule has 0 saturated carbocycles. The Morgan fingerprint density at radius 3 is 2.69 bits per heavy atom. The molecule has 88 valence electrons. The maximum Gasteiger partial charge on any atom is 0.251 e. The number of hydrogen-bond donors (Lipinski definition) is 1. The van der Waals surface area contributed by atoms with Crippen molar-refractivity contribution in [3.8, 4) is 0 Å². The number of amides is 1. The number of carbonyl (C=O) groups excluding carboxylic acids is 1. The van der Waals surface area contributed by atoms with Crippen molar-refractivity contribution in [1.82, 2.24) is 5.32 Å². The lowest BCUT2D eigenvalue weighted by Crippen LogP contribution is -2.39. The molecule has 0 heterocycles. The normalized spacial score (nSPS) is 12.6. The van der Waals surface area contributed by atoms with Gasteiger partial charge >= 0.3 is 0 Å². The highest BCUT2D eigenvalue weighted by atomic mass is 127. The first-order valence-corrected chi connectivity index (χ1v) is 7.07. The standard InChI is InChI=1S/C12H15ClINO/c1-8(2)11(7-14)15-12(16)9-4-3-5-10(13)6-9/h3-6,8,11H,7H2,1-2H3,(H,15,16). The molecule has 0 aromatic heterocycles. The second kappa shape index (κ2) is 6.45. The topological polar surface area (TPSA) is 29.1 Å². The predicted molar refractivity (Wildman–Crippen MR) is 76.4 cm³/mol. The van der Waals surface area contributed by atoms with Crippen LogP contribution >= 0.6 is 34.2 Å². The molecular formula is C12H15ClINO. The lowest BCUT2D eigenvalue weighted by Gasteiger charge is -2.19. The Balaban J connectivity index is 2.72. The van der Waals surface area contributed by atoms with E-state index in [1.54, 1.807) is 24.3 Å². The van der Waals surface area contributed by atoms with Gasteiger partial charge in [0.05, 0.1) is 0 Å². The zero-order valence-electron chi connectivity index (χ0n) is 9.34. The number of nitrogens with one attached hydrogen (secondary N) is 1. The van der Waals surface area contributed by atoms with Crippen LogP contribution in [0.5, 0.6) is 0 Å². The van der Waals surface area contributed by atoms with Gasteiger partial charge in [0, 0.05) is 21.1 Å². The van der Waals surface area contributed by atoms with Crippen LogP contribution in [-0.4, -0.2) is 16.4 Å². The number of hydrogen-bond acceptors (Lipinski definition) is 1. The Morgan fingerprint density at radius 1 is 1.50 bits per heavy atom. The molecule has 0 fully saturated rings. The Kier molecular flexibility index (Phi) is 5.55. The lowest BCUT2D eigenvalue weighted by atomic mass is 10.1. The minimum Gasteiger partial charge on any atom is -0.348 e. The average Bonchev–Trinajstić information content (AvgIpc) is 2.25. The van der Waals surface area contributed by atoms with Crippen molar-refractivity contribution in [2.45, 2.75) is 19.9 Å². The van der Waals surface area contributed by atoms with E-state index in [1.165, 1.54) is 0 Å². The number of rotatable bonds is 4. The Hall–Kier alpha value is -0.290. The molecule has 1 unspecified atom stereocenters. The fraction of sp³-hybridized carbons (Fsp3) is 0.417. The van der Waals surface area contributed by atoms with Gasteiger partial charge < -0.3 is 5.32 Å². The minimum absolute atomic E-state index is 0.0575. The van der Waals surface area contributed by atoms with Gasteiger partial charge in [0.15, 0.2) is 0 Å². The lowest BCUT2D eigenvalue weighted by molar-refractivity contribution is 0.0932. The quantitative estimate of drug-likeness (QED) is 0.652. The van der Waals surface area contributed by atoms with Crippen molar-refractivity contribution in [3.63, 3.8) is 0 Å². The van der Waals surface area contributed by atoms with Crippen LogP contribution < -0.4 is 5.32 Å². The van der Waals surface area contributed by atoms with Crippen LogP contribution in [0.25, 0.3) is 0 Å². The SMILES string of the molecule is CC(C)C(CI)NC(=O)c1cccc(Cl)c1. The minimum atomic E-state index is -0.0575. The van der Waals surface area contributed by atoms with Crippen LogP contribution in [0, 0.1) is 5.92 Å². The third-order valence-electron chi connectivity index (χ3n) is 2.37. The van der Waals surface area contributed by atoms with Crippen molar-refractivity contribution in [2.75, 3.05) is 4.43 Å². The van der Waals surface area contributed by atoms with Gasteiger partial charge in [-0.25, -0.2) is 0 Å². The summed E-state index contributed by atoms with van der Waals surface area (Å²) in [7, 11) is 0. The first-order valence-electron chi connectivity index (χ1n) is 5.17. The molecule has 1 amide bonds. The molecule has 1 rings (SSSR count). The van der Waals surface area contributed by atoms with Gasteiger partial charge in [0.25, 0.3) is 5.91 Å². The Bertz CT molecular complexity index is 368. The molecule has 0 radical (unpaired) electrons. The highest BCUT2D eigenvalue weighted by molar-refractivity contribution is 14.1. The van der Waals surface area contributed by atoms with E-state index in [1.807, 2.05) is 0 Å². The van der Waals surface area contributed by atoms with Crippen molar-refractivity contribution < 1.29 is 4.79 Å². The third-order valence-corrected chi connectivity index (χ3v) is 3.56. The van der Waals surface area contributed by atoms with E-state index in [-0.39, 0.29) is 11.9 Å². The number of carbonyl (C=O) groups is 1. The summed E-state index contributed by atoms with van der Waals surface area (Å²) < 4.78 is 0.904. The predicted octanol–water partition coefficient (Wildman–Crippen LogP) is 3.53. The van der Waals surface area contributed by atoms with E-state index >= 15 is 0 Å². The van der Waals surface area contributed by atoms with Gasteiger partial charge in [-0.1, -0.05) is 54.1 Å². The number of alkyl halides is 1. The maximum atomic E-state index is 11.9. The summed E-state index contributed by atoms with van der Waals surface area (Å²) in [6.45, 7) is 4.20. The van der Waals surface area contributed by atoms with Gasteiger partial charge in [-0.2, -0.15) is 0 Å². The number of benzene rings is 1. The van der Waals surface area contributed by atoms with Crippen molar-refractivity contribution in [1.29, 1.82) is 0 Å². The summed E-state index contributed by atoms with van der Waals surface area (Å²) in [5.41, 5.74) is 0.614. The molecule has 2 nitrogen and oxygen atoms in total. The van der Waals surface area contributed by atoms with Gasteiger partial charge in [-0.05, 0) is 24.1 Å². The Labute approximate surface area is 115 Å². The molecule has 1 atom stereocenters.